The molecule has 1 heterocycles. The lowest BCUT2D eigenvalue weighted by molar-refractivity contribution is -0.137. The van der Waals surface area contributed by atoms with E-state index in [0.29, 0.717) is 5.56 Å². The van der Waals surface area contributed by atoms with Crippen LogP contribution in [0, 0.1) is 0 Å². The van der Waals surface area contributed by atoms with Crippen LogP contribution >= 0.6 is 0 Å². The standard InChI is InChI=1S/C12H10F3N3O/c1-18-6-9(5-17-18)7-2-8(11(16)19)4-10(3-7)12(13,14)15/h2-6H,1H3,(H2,16,19). The number of halogens is 3. The van der Waals surface area contributed by atoms with E-state index in [-0.39, 0.29) is 11.1 Å². The Balaban J connectivity index is 2.61. The fourth-order valence-corrected chi connectivity index (χ4v) is 1.67. The predicted molar refractivity (Wildman–Crippen MR) is 62.2 cm³/mol. The van der Waals surface area contributed by atoms with Crippen molar-refractivity contribution in [3.05, 3.63) is 41.7 Å². The van der Waals surface area contributed by atoms with Gasteiger partial charge in [-0.25, -0.2) is 0 Å². The number of amides is 1. The van der Waals surface area contributed by atoms with Crippen molar-refractivity contribution in [1.82, 2.24) is 9.78 Å². The van der Waals surface area contributed by atoms with Crippen molar-refractivity contribution < 1.29 is 18.0 Å². The third-order valence-corrected chi connectivity index (χ3v) is 2.58. The zero-order valence-corrected chi connectivity index (χ0v) is 9.90. The molecule has 0 saturated heterocycles. The molecule has 0 spiro atoms. The second-order valence-corrected chi connectivity index (χ2v) is 4.06. The van der Waals surface area contributed by atoms with Crippen molar-refractivity contribution in [1.29, 1.82) is 0 Å². The van der Waals surface area contributed by atoms with Gasteiger partial charge in [-0.2, -0.15) is 18.3 Å². The molecular weight excluding hydrogens is 259 g/mol. The zero-order valence-electron chi connectivity index (χ0n) is 9.90. The molecule has 7 heteroatoms. The van der Waals surface area contributed by atoms with E-state index in [1.54, 1.807) is 13.2 Å². The van der Waals surface area contributed by atoms with Gasteiger partial charge in [0.2, 0.25) is 5.91 Å². The molecule has 100 valence electrons. The Hall–Kier alpha value is -2.31. The van der Waals surface area contributed by atoms with E-state index in [2.05, 4.69) is 5.10 Å². The molecule has 1 aromatic heterocycles. The predicted octanol–water partition coefficient (Wildman–Crippen LogP) is 2.20. The molecule has 0 unspecified atom stereocenters. The quantitative estimate of drug-likeness (QED) is 0.908. The minimum Gasteiger partial charge on any atom is -0.366 e. The van der Waals surface area contributed by atoms with Gasteiger partial charge < -0.3 is 5.73 Å². The fraction of sp³-hybridized carbons (Fsp3) is 0.167. The summed E-state index contributed by atoms with van der Waals surface area (Å²) in [4.78, 5) is 11.1. The number of nitrogens with two attached hydrogens (primary N) is 1. The Labute approximate surface area is 106 Å². The van der Waals surface area contributed by atoms with E-state index in [9.17, 15) is 18.0 Å². The molecule has 0 aliphatic carbocycles. The van der Waals surface area contributed by atoms with Crippen molar-refractivity contribution in [3.63, 3.8) is 0 Å². The molecule has 19 heavy (non-hydrogen) atoms. The molecule has 2 N–H and O–H groups in total. The summed E-state index contributed by atoms with van der Waals surface area (Å²) in [6.07, 6.45) is -1.57. The maximum Gasteiger partial charge on any atom is 0.416 e. The van der Waals surface area contributed by atoms with Gasteiger partial charge in [-0.05, 0) is 23.8 Å². The van der Waals surface area contributed by atoms with E-state index in [0.717, 1.165) is 12.1 Å². The number of aromatic nitrogens is 2. The number of primary amides is 1. The van der Waals surface area contributed by atoms with Crippen molar-refractivity contribution >= 4 is 5.91 Å². The minimum absolute atomic E-state index is 0.186. The average Bonchev–Trinajstić information content (AvgIpc) is 2.74. The SMILES string of the molecule is Cn1cc(-c2cc(C(N)=O)cc(C(F)(F)F)c2)cn1. The van der Waals surface area contributed by atoms with Gasteiger partial charge in [0, 0.05) is 24.4 Å². The van der Waals surface area contributed by atoms with Crippen molar-refractivity contribution in [2.75, 3.05) is 0 Å². The molecule has 0 aliphatic rings. The highest BCUT2D eigenvalue weighted by atomic mass is 19.4. The Kier molecular flexibility index (Phi) is 3.05. The maximum atomic E-state index is 12.8. The van der Waals surface area contributed by atoms with Gasteiger partial charge in [0.1, 0.15) is 0 Å². The Morgan fingerprint density at radius 1 is 1.26 bits per heavy atom. The molecule has 4 nitrogen and oxygen atoms in total. The summed E-state index contributed by atoms with van der Waals surface area (Å²) in [5.41, 5.74) is 4.68. The van der Waals surface area contributed by atoms with Crippen LogP contribution < -0.4 is 5.73 Å². The van der Waals surface area contributed by atoms with E-state index in [1.807, 2.05) is 0 Å². The van der Waals surface area contributed by atoms with Gasteiger partial charge >= 0.3 is 6.18 Å². The third-order valence-electron chi connectivity index (χ3n) is 2.58. The first-order valence-electron chi connectivity index (χ1n) is 5.28. The van der Waals surface area contributed by atoms with Gasteiger partial charge in [-0.1, -0.05) is 0 Å². The van der Waals surface area contributed by atoms with E-state index in [4.69, 9.17) is 5.73 Å². The van der Waals surface area contributed by atoms with Crippen molar-refractivity contribution in [3.8, 4) is 11.1 Å². The molecule has 2 rings (SSSR count). The van der Waals surface area contributed by atoms with Crippen LogP contribution in [0.15, 0.2) is 30.6 Å². The number of carbonyl (C=O) groups excluding carboxylic acids is 1. The molecule has 2 aromatic rings. The zero-order chi connectivity index (χ0) is 14.2. The highest BCUT2D eigenvalue weighted by Gasteiger charge is 2.31. The molecule has 1 amide bonds. The Bertz CT molecular complexity index is 631. The highest BCUT2D eigenvalue weighted by molar-refractivity contribution is 5.94. The van der Waals surface area contributed by atoms with Crippen LogP contribution in [0.5, 0.6) is 0 Å². The van der Waals surface area contributed by atoms with E-state index < -0.39 is 17.6 Å². The lowest BCUT2D eigenvalue weighted by atomic mass is 10.0. The van der Waals surface area contributed by atoms with Crippen LogP contribution in [-0.4, -0.2) is 15.7 Å². The monoisotopic (exact) mass is 269 g/mol. The molecular formula is C12H10F3N3O. The van der Waals surface area contributed by atoms with Gasteiger partial charge in [-0.15, -0.1) is 0 Å². The van der Waals surface area contributed by atoms with Crippen LogP contribution in [0.3, 0.4) is 0 Å². The summed E-state index contributed by atoms with van der Waals surface area (Å²) >= 11 is 0. The number of rotatable bonds is 2. The highest BCUT2D eigenvalue weighted by Crippen LogP contribution is 2.33. The summed E-state index contributed by atoms with van der Waals surface area (Å²) in [7, 11) is 1.64. The van der Waals surface area contributed by atoms with Crippen LogP contribution in [0.4, 0.5) is 13.2 Å². The Morgan fingerprint density at radius 2 is 1.95 bits per heavy atom. The molecule has 0 aliphatic heterocycles. The number of benzene rings is 1. The molecule has 0 bridgehead atoms. The summed E-state index contributed by atoms with van der Waals surface area (Å²) in [6, 6.07) is 3.01. The molecule has 0 radical (unpaired) electrons. The van der Waals surface area contributed by atoms with E-state index in [1.165, 1.54) is 16.9 Å². The summed E-state index contributed by atoms with van der Waals surface area (Å²) in [5, 5.41) is 3.88. The maximum absolute atomic E-state index is 12.8. The Morgan fingerprint density at radius 3 is 2.42 bits per heavy atom. The lowest BCUT2D eigenvalue weighted by Gasteiger charge is -2.10. The average molecular weight is 269 g/mol. The number of nitrogens with zero attached hydrogens (tertiary/aromatic N) is 2. The largest absolute Gasteiger partial charge is 0.416 e. The lowest BCUT2D eigenvalue weighted by Crippen LogP contribution is -2.14. The van der Waals surface area contributed by atoms with Crippen LogP contribution in [0.2, 0.25) is 0 Å². The molecule has 0 saturated carbocycles. The van der Waals surface area contributed by atoms with Gasteiger partial charge in [-0.3, -0.25) is 9.48 Å². The summed E-state index contributed by atoms with van der Waals surface area (Å²) in [5.74, 6) is -0.906. The first-order chi connectivity index (χ1) is 8.77. The number of carbonyl (C=O) groups is 1. The second kappa shape index (κ2) is 4.42. The van der Waals surface area contributed by atoms with Crippen LogP contribution in [-0.2, 0) is 13.2 Å². The number of hydrogen-bond acceptors (Lipinski definition) is 2. The van der Waals surface area contributed by atoms with Gasteiger partial charge in [0.05, 0.1) is 11.8 Å². The normalized spacial score (nSPS) is 11.6. The molecule has 1 aromatic carbocycles. The van der Waals surface area contributed by atoms with Crippen molar-refractivity contribution in [2.24, 2.45) is 12.8 Å². The number of aryl methyl sites for hydroxylation is 1. The van der Waals surface area contributed by atoms with Gasteiger partial charge in [0.25, 0.3) is 0 Å². The summed E-state index contributed by atoms with van der Waals surface area (Å²) < 4.78 is 39.7. The minimum atomic E-state index is -4.54. The van der Waals surface area contributed by atoms with Gasteiger partial charge in [0.15, 0.2) is 0 Å². The van der Waals surface area contributed by atoms with Crippen LogP contribution in [0.25, 0.3) is 11.1 Å². The third kappa shape index (κ3) is 2.75. The van der Waals surface area contributed by atoms with E-state index >= 15 is 0 Å². The topological polar surface area (TPSA) is 60.9 Å². The second-order valence-electron chi connectivity index (χ2n) is 4.06. The first-order valence-corrected chi connectivity index (χ1v) is 5.28. The number of alkyl halides is 3. The smallest absolute Gasteiger partial charge is 0.366 e. The van der Waals surface area contributed by atoms with Crippen LogP contribution in [0.1, 0.15) is 15.9 Å². The first kappa shape index (κ1) is 13.1. The molecule has 0 fully saturated rings. The fourth-order valence-electron chi connectivity index (χ4n) is 1.67. The van der Waals surface area contributed by atoms with Crippen molar-refractivity contribution in [2.45, 2.75) is 6.18 Å². The number of hydrogen-bond donors (Lipinski definition) is 1. The summed E-state index contributed by atoms with van der Waals surface area (Å²) in [6.45, 7) is 0. The molecule has 0 atom stereocenters.